The van der Waals surface area contributed by atoms with Gasteiger partial charge in [-0.05, 0) is 36.8 Å². The molecule has 1 aromatic heterocycles. The van der Waals surface area contributed by atoms with Gasteiger partial charge in [-0.15, -0.1) is 0 Å². The summed E-state index contributed by atoms with van der Waals surface area (Å²) in [5.41, 5.74) is 3.11. The molecule has 0 aliphatic heterocycles. The molecule has 35 heavy (non-hydrogen) atoms. The molecule has 1 N–H and O–H groups in total. The van der Waals surface area contributed by atoms with Crippen LogP contribution in [0.15, 0.2) is 60.7 Å². The van der Waals surface area contributed by atoms with Gasteiger partial charge in [0.1, 0.15) is 0 Å². The lowest BCUT2D eigenvalue weighted by Crippen LogP contribution is -2.14. The number of para-hydroxylation sites is 1. The fourth-order valence-electron chi connectivity index (χ4n) is 3.79. The van der Waals surface area contributed by atoms with Crippen LogP contribution in [-0.4, -0.2) is 37.1 Å². The van der Waals surface area contributed by atoms with Gasteiger partial charge in [0, 0.05) is 23.1 Å². The zero-order valence-corrected chi connectivity index (χ0v) is 19.6. The molecule has 1 heterocycles. The molecule has 3 aromatic carbocycles. The number of nitro benzene ring substituents is 1. The van der Waals surface area contributed by atoms with Crippen LogP contribution in [0.25, 0.3) is 22.2 Å². The van der Waals surface area contributed by atoms with Crippen molar-refractivity contribution in [2.45, 2.75) is 6.92 Å². The van der Waals surface area contributed by atoms with Crippen molar-refractivity contribution in [3.05, 3.63) is 81.9 Å². The lowest BCUT2D eigenvalue weighted by atomic mass is 10.0. The average Bonchev–Trinajstić information content (AvgIpc) is 2.88. The number of anilines is 1. The monoisotopic (exact) mass is 473 g/mol. The molecule has 0 spiro atoms. The molecular weight excluding hydrogens is 450 g/mol. The van der Waals surface area contributed by atoms with Gasteiger partial charge in [-0.1, -0.05) is 24.3 Å². The molecule has 4 aromatic rings. The second-order valence-electron chi connectivity index (χ2n) is 7.70. The van der Waals surface area contributed by atoms with Crippen LogP contribution in [-0.2, 0) is 0 Å². The van der Waals surface area contributed by atoms with Gasteiger partial charge in [-0.25, -0.2) is 4.98 Å². The molecule has 0 unspecified atom stereocenters. The maximum absolute atomic E-state index is 13.4. The van der Waals surface area contributed by atoms with Crippen molar-refractivity contribution in [1.29, 1.82) is 0 Å². The maximum Gasteiger partial charge on any atom is 0.271 e. The number of hydrogen-bond donors (Lipinski definition) is 1. The lowest BCUT2D eigenvalue weighted by molar-refractivity contribution is -0.384. The number of amides is 1. The summed E-state index contributed by atoms with van der Waals surface area (Å²) in [7, 11) is 4.57. The van der Waals surface area contributed by atoms with Gasteiger partial charge in [0.15, 0.2) is 11.5 Å². The SMILES string of the molecule is COc1cc(-c2cc(C(=O)Nc3cc([N+](=O)[O-])ccc3C)c3ccccc3n2)cc(OC)c1OC. The van der Waals surface area contributed by atoms with E-state index in [1.165, 1.54) is 33.5 Å². The number of aryl methyl sites for hydroxylation is 1. The van der Waals surface area contributed by atoms with Crippen LogP contribution in [0.5, 0.6) is 17.2 Å². The first kappa shape index (κ1) is 23.5. The van der Waals surface area contributed by atoms with E-state index in [4.69, 9.17) is 19.2 Å². The fourth-order valence-corrected chi connectivity index (χ4v) is 3.79. The van der Waals surface area contributed by atoms with Crippen LogP contribution in [0.1, 0.15) is 15.9 Å². The number of pyridine rings is 1. The fraction of sp³-hybridized carbons (Fsp3) is 0.154. The first-order chi connectivity index (χ1) is 16.9. The Morgan fingerprint density at radius 2 is 1.63 bits per heavy atom. The van der Waals surface area contributed by atoms with Gasteiger partial charge in [0.05, 0.1) is 48.7 Å². The summed E-state index contributed by atoms with van der Waals surface area (Å²) in [6, 6.07) is 16.8. The third-order valence-corrected chi connectivity index (χ3v) is 5.60. The molecule has 0 aliphatic rings. The van der Waals surface area contributed by atoms with Crippen LogP contribution in [0.4, 0.5) is 11.4 Å². The number of methoxy groups -OCH3 is 3. The van der Waals surface area contributed by atoms with Crippen LogP contribution < -0.4 is 19.5 Å². The van der Waals surface area contributed by atoms with Crippen LogP contribution >= 0.6 is 0 Å². The summed E-state index contributed by atoms with van der Waals surface area (Å²) in [4.78, 5) is 28.9. The van der Waals surface area contributed by atoms with Gasteiger partial charge in [-0.2, -0.15) is 0 Å². The molecule has 0 saturated heterocycles. The summed E-state index contributed by atoms with van der Waals surface area (Å²) in [6.45, 7) is 1.77. The van der Waals surface area contributed by atoms with Crippen molar-refractivity contribution in [2.24, 2.45) is 0 Å². The predicted octanol–water partition coefficient (Wildman–Crippen LogP) is 5.40. The van der Waals surface area contributed by atoms with Crippen molar-refractivity contribution in [3.63, 3.8) is 0 Å². The third-order valence-electron chi connectivity index (χ3n) is 5.60. The predicted molar refractivity (Wildman–Crippen MR) is 133 cm³/mol. The highest BCUT2D eigenvalue weighted by Gasteiger charge is 2.19. The topological polar surface area (TPSA) is 113 Å². The summed E-state index contributed by atoms with van der Waals surface area (Å²) in [6.07, 6.45) is 0. The van der Waals surface area contributed by atoms with Crippen molar-refractivity contribution < 1.29 is 23.9 Å². The van der Waals surface area contributed by atoms with Crippen LogP contribution in [0, 0.1) is 17.0 Å². The minimum atomic E-state index is -0.501. The van der Waals surface area contributed by atoms with Crippen molar-refractivity contribution in [2.75, 3.05) is 26.6 Å². The van der Waals surface area contributed by atoms with Gasteiger partial charge < -0.3 is 19.5 Å². The third kappa shape index (κ3) is 4.56. The summed E-state index contributed by atoms with van der Waals surface area (Å²) in [5.74, 6) is 0.935. The molecule has 9 nitrogen and oxygen atoms in total. The van der Waals surface area contributed by atoms with Gasteiger partial charge >= 0.3 is 0 Å². The highest BCUT2D eigenvalue weighted by molar-refractivity contribution is 6.13. The van der Waals surface area contributed by atoms with Crippen LogP contribution in [0.3, 0.4) is 0 Å². The first-order valence-electron chi connectivity index (χ1n) is 10.6. The Morgan fingerprint density at radius 1 is 0.943 bits per heavy atom. The minimum Gasteiger partial charge on any atom is -0.493 e. The Balaban J connectivity index is 1.84. The number of non-ortho nitro benzene ring substituents is 1. The molecule has 4 rings (SSSR count). The Kier molecular flexibility index (Phi) is 6.50. The van der Waals surface area contributed by atoms with Crippen molar-refractivity contribution in [3.8, 4) is 28.5 Å². The molecule has 0 aliphatic carbocycles. The quantitative estimate of drug-likeness (QED) is 0.283. The zero-order valence-electron chi connectivity index (χ0n) is 19.6. The van der Waals surface area contributed by atoms with Crippen molar-refractivity contribution in [1.82, 2.24) is 4.98 Å². The second-order valence-corrected chi connectivity index (χ2v) is 7.70. The van der Waals surface area contributed by atoms with E-state index in [-0.39, 0.29) is 5.69 Å². The largest absolute Gasteiger partial charge is 0.493 e. The highest BCUT2D eigenvalue weighted by atomic mass is 16.6. The first-order valence-corrected chi connectivity index (χ1v) is 10.6. The standard InChI is InChI=1S/C26H23N3O6/c1-15-9-10-17(29(31)32)13-21(15)28-26(30)19-14-22(27-20-8-6-5-7-18(19)20)16-11-23(33-2)25(35-4)24(12-16)34-3/h5-14H,1-4H3,(H,28,30). The molecule has 0 bridgehead atoms. The Hall–Kier alpha value is -4.66. The molecule has 9 heteroatoms. The van der Waals surface area contributed by atoms with Crippen molar-refractivity contribution >= 4 is 28.2 Å². The van der Waals surface area contributed by atoms with E-state index in [9.17, 15) is 14.9 Å². The molecule has 1 amide bonds. The van der Waals surface area contributed by atoms with Crippen LogP contribution in [0.2, 0.25) is 0 Å². The lowest BCUT2D eigenvalue weighted by Gasteiger charge is -2.15. The number of carbonyl (C=O) groups is 1. The number of carbonyl (C=O) groups excluding carboxylic acids is 1. The Bertz CT molecular complexity index is 1430. The number of ether oxygens (including phenoxy) is 3. The summed E-state index contributed by atoms with van der Waals surface area (Å²) in [5, 5.41) is 14.7. The highest BCUT2D eigenvalue weighted by Crippen LogP contribution is 2.41. The number of hydrogen-bond acceptors (Lipinski definition) is 7. The smallest absolute Gasteiger partial charge is 0.271 e. The Labute approximate surface area is 201 Å². The number of nitrogens with zero attached hydrogens (tertiary/aromatic N) is 2. The number of fused-ring (bicyclic) bond motifs is 1. The molecule has 0 atom stereocenters. The molecule has 0 fully saturated rings. The van der Waals surface area contributed by atoms with Gasteiger partial charge in [0.25, 0.3) is 11.6 Å². The zero-order chi connectivity index (χ0) is 25.1. The number of nitro groups is 1. The number of rotatable bonds is 7. The molecule has 0 saturated carbocycles. The van der Waals surface area contributed by atoms with E-state index in [1.54, 1.807) is 37.3 Å². The Morgan fingerprint density at radius 3 is 2.26 bits per heavy atom. The van der Waals surface area contributed by atoms with E-state index >= 15 is 0 Å². The number of nitrogens with one attached hydrogen (secondary N) is 1. The normalized spacial score (nSPS) is 10.6. The van der Waals surface area contributed by atoms with E-state index < -0.39 is 10.8 Å². The van der Waals surface area contributed by atoms with E-state index in [0.29, 0.717) is 56.2 Å². The van der Waals surface area contributed by atoms with Gasteiger partial charge in [-0.3, -0.25) is 14.9 Å². The summed E-state index contributed by atoms with van der Waals surface area (Å²) >= 11 is 0. The van der Waals surface area contributed by atoms with Gasteiger partial charge in [0.2, 0.25) is 5.75 Å². The minimum absolute atomic E-state index is 0.108. The van der Waals surface area contributed by atoms with E-state index in [1.807, 2.05) is 18.2 Å². The average molecular weight is 473 g/mol. The molecule has 0 radical (unpaired) electrons. The molecule has 178 valence electrons. The number of benzene rings is 3. The van der Waals surface area contributed by atoms with E-state index in [2.05, 4.69) is 5.32 Å². The second kappa shape index (κ2) is 9.68. The number of aromatic nitrogens is 1. The maximum atomic E-state index is 13.4. The molecular formula is C26H23N3O6. The van der Waals surface area contributed by atoms with E-state index in [0.717, 1.165) is 0 Å². The summed E-state index contributed by atoms with van der Waals surface area (Å²) < 4.78 is 16.3.